The van der Waals surface area contributed by atoms with Gasteiger partial charge in [-0.25, -0.2) is 4.98 Å². The van der Waals surface area contributed by atoms with Crippen molar-refractivity contribution in [2.75, 3.05) is 19.8 Å². The number of hydrogen-bond acceptors (Lipinski definition) is 4. The molecule has 0 aliphatic carbocycles. The molecule has 4 heteroatoms. The average Bonchev–Trinajstić information content (AvgIpc) is 2.93. The highest BCUT2D eigenvalue weighted by Crippen LogP contribution is 2.27. The van der Waals surface area contributed by atoms with Crippen molar-refractivity contribution in [3.8, 4) is 11.3 Å². The van der Waals surface area contributed by atoms with E-state index in [2.05, 4.69) is 42.7 Å². The summed E-state index contributed by atoms with van der Waals surface area (Å²) in [5.41, 5.74) is 4.89. The fourth-order valence-electron chi connectivity index (χ4n) is 2.21. The molecule has 3 nitrogen and oxygen atoms in total. The van der Waals surface area contributed by atoms with Crippen LogP contribution < -0.4 is 5.32 Å². The van der Waals surface area contributed by atoms with Gasteiger partial charge in [0, 0.05) is 17.5 Å². The number of nitrogens with zero attached hydrogens (tertiary/aromatic N) is 1. The van der Waals surface area contributed by atoms with Crippen molar-refractivity contribution in [3.05, 3.63) is 39.7 Å². The second kappa shape index (κ2) is 5.41. The van der Waals surface area contributed by atoms with Gasteiger partial charge in [0.05, 0.1) is 24.9 Å². The molecule has 0 amide bonds. The van der Waals surface area contributed by atoms with Crippen LogP contribution in [0.5, 0.6) is 0 Å². The number of thiazole rings is 1. The minimum Gasteiger partial charge on any atom is -0.378 e. The molecular formula is C15H18N2OS. The summed E-state index contributed by atoms with van der Waals surface area (Å²) in [6.07, 6.45) is 0. The summed E-state index contributed by atoms with van der Waals surface area (Å²) < 4.78 is 5.49. The van der Waals surface area contributed by atoms with Crippen LogP contribution >= 0.6 is 11.3 Å². The van der Waals surface area contributed by atoms with E-state index in [4.69, 9.17) is 9.72 Å². The largest absolute Gasteiger partial charge is 0.378 e. The van der Waals surface area contributed by atoms with Crippen molar-refractivity contribution >= 4 is 11.3 Å². The van der Waals surface area contributed by atoms with E-state index in [1.807, 2.05) is 0 Å². The summed E-state index contributed by atoms with van der Waals surface area (Å²) in [4.78, 5) is 4.75. The third-order valence-electron chi connectivity index (χ3n) is 3.54. The van der Waals surface area contributed by atoms with Gasteiger partial charge in [0.15, 0.2) is 0 Å². The van der Waals surface area contributed by atoms with Gasteiger partial charge in [0.2, 0.25) is 0 Å². The Morgan fingerprint density at radius 2 is 2.21 bits per heavy atom. The maximum Gasteiger partial charge on any atom is 0.113 e. The highest BCUT2D eigenvalue weighted by molar-refractivity contribution is 7.10. The quantitative estimate of drug-likeness (QED) is 0.914. The molecule has 0 bridgehead atoms. The first-order chi connectivity index (χ1) is 9.24. The minimum absolute atomic E-state index is 0.249. The zero-order valence-corrected chi connectivity index (χ0v) is 12.1. The van der Waals surface area contributed by atoms with E-state index in [9.17, 15) is 0 Å². The molecule has 1 aromatic heterocycles. The Kier molecular flexibility index (Phi) is 3.64. The first-order valence-corrected chi connectivity index (χ1v) is 7.46. The molecule has 1 N–H and O–H groups in total. The Hall–Kier alpha value is -1.23. The molecule has 100 valence electrons. The lowest BCUT2D eigenvalue weighted by Gasteiger charge is -2.21. The Bertz CT molecular complexity index is 573. The predicted octanol–water partition coefficient (Wildman–Crippen LogP) is 3.09. The molecular weight excluding hydrogens is 256 g/mol. The number of rotatable bonds is 2. The Morgan fingerprint density at radius 1 is 1.32 bits per heavy atom. The van der Waals surface area contributed by atoms with Crippen LogP contribution in [0, 0.1) is 13.8 Å². The minimum atomic E-state index is 0.249. The topological polar surface area (TPSA) is 34.1 Å². The van der Waals surface area contributed by atoms with Gasteiger partial charge in [0.1, 0.15) is 5.01 Å². The molecule has 1 aromatic carbocycles. The first kappa shape index (κ1) is 12.8. The van der Waals surface area contributed by atoms with Gasteiger partial charge in [-0.3, -0.25) is 0 Å². The van der Waals surface area contributed by atoms with E-state index in [1.54, 1.807) is 11.3 Å². The lowest BCUT2D eigenvalue weighted by molar-refractivity contribution is 0.0768. The van der Waals surface area contributed by atoms with Gasteiger partial charge in [0.25, 0.3) is 0 Å². The lowest BCUT2D eigenvalue weighted by atomic mass is 10.1. The summed E-state index contributed by atoms with van der Waals surface area (Å²) in [5.74, 6) is 0. The number of benzene rings is 1. The molecule has 2 aromatic rings. The summed E-state index contributed by atoms with van der Waals surface area (Å²) in [7, 11) is 0. The second-order valence-electron chi connectivity index (χ2n) is 4.95. The molecule has 1 atom stereocenters. The smallest absolute Gasteiger partial charge is 0.113 e. The number of morpholine rings is 1. The molecule has 1 unspecified atom stereocenters. The van der Waals surface area contributed by atoms with Gasteiger partial charge in [-0.2, -0.15) is 0 Å². The van der Waals surface area contributed by atoms with Crippen molar-refractivity contribution in [2.24, 2.45) is 0 Å². The Morgan fingerprint density at radius 3 is 2.95 bits per heavy atom. The van der Waals surface area contributed by atoms with E-state index in [1.165, 1.54) is 16.7 Å². The number of hydrogen-bond donors (Lipinski definition) is 1. The van der Waals surface area contributed by atoms with Crippen LogP contribution in [0.25, 0.3) is 11.3 Å². The molecule has 2 heterocycles. The number of ether oxygens (including phenoxy) is 1. The third kappa shape index (κ3) is 2.71. The summed E-state index contributed by atoms with van der Waals surface area (Å²) in [5, 5.41) is 6.70. The fourth-order valence-corrected chi connectivity index (χ4v) is 3.09. The predicted molar refractivity (Wildman–Crippen MR) is 78.6 cm³/mol. The van der Waals surface area contributed by atoms with E-state index >= 15 is 0 Å². The van der Waals surface area contributed by atoms with E-state index in [-0.39, 0.29) is 6.04 Å². The van der Waals surface area contributed by atoms with Crippen LogP contribution in [0.1, 0.15) is 22.2 Å². The van der Waals surface area contributed by atoms with E-state index in [0.717, 1.165) is 30.5 Å². The van der Waals surface area contributed by atoms with Crippen molar-refractivity contribution in [3.63, 3.8) is 0 Å². The molecule has 1 saturated heterocycles. The summed E-state index contributed by atoms with van der Waals surface area (Å²) in [6, 6.07) is 6.76. The van der Waals surface area contributed by atoms with Crippen LogP contribution in [-0.4, -0.2) is 24.7 Å². The second-order valence-corrected chi connectivity index (χ2v) is 5.84. The Balaban J connectivity index is 1.85. The number of aromatic nitrogens is 1. The zero-order chi connectivity index (χ0) is 13.2. The van der Waals surface area contributed by atoms with Gasteiger partial charge in [-0.1, -0.05) is 12.1 Å². The van der Waals surface area contributed by atoms with Crippen LogP contribution in [0.2, 0.25) is 0 Å². The first-order valence-electron chi connectivity index (χ1n) is 6.58. The third-order valence-corrected chi connectivity index (χ3v) is 4.50. The average molecular weight is 274 g/mol. The van der Waals surface area contributed by atoms with Crippen molar-refractivity contribution in [2.45, 2.75) is 19.9 Å². The molecule has 0 saturated carbocycles. The summed E-state index contributed by atoms with van der Waals surface area (Å²) >= 11 is 1.71. The van der Waals surface area contributed by atoms with Crippen LogP contribution in [0.4, 0.5) is 0 Å². The van der Waals surface area contributed by atoms with Crippen LogP contribution in [-0.2, 0) is 4.74 Å². The molecule has 1 aliphatic rings. The molecule has 19 heavy (non-hydrogen) atoms. The van der Waals surface area contributed by atoms with Gasteiger partial charge in [-0.15, -0.1) is 11.3 Å². The lowest BCUT2D eigenvalue weighted by Crippen LogP contribution is -2.34. The number of aryl methyl sites for hydroxylation is 2. The Labute approximate surface area is 117 Å². The normalized spacial score (nSPS) is 19.6. The van der Waals surface area contributed by atoms with Crippen molar-refractivity contribution in [1.82, 2.24) is 10.3 Å². The van der Waals surface area contributed by atoms with Crippen molar-refractivity contribution in [1.29, 1.82) is 0 Å². The molecule has 1 aliphatic heterocycles. The maximum atomic E-state index is 5.49. The van der Waals surface area contributed by atoms with Crippen LogP contribution in [0.3, 0.4) is 0 Å². The molecule has 1 fully saturated rings. The van der Waals surface area contributed by atoms with E-state index < -0.39 is 0 Å². The monoisotopic (exact) mass is 274 g/mol. The SMILES string of the molecule is Cc1ccc(-c2csc(C3COCCN3)n2)cc1C. The maximum absolute atomic E-state index is 5.49. The van der Waals surface area contributed by atoms with Gasteiger partial charge >= 0.3 is 0 Å². The highest BCUT2D eigenvalue weighted by atomic mass is 32.1. The molecule has 0 radical (unpaired) electrons. The number of nitrogens with one attached hydrogen (secondary N) is 1. The van der Waals surface area contributed by atoms with E-state index in [0.29, 0.717) is 0 Å². The fraction of sp³-hybridized carbons (Fsp3) is 0.400. The zero-order valence-electron chi connectivity index (χ0n) is 11.3. The summed E-state index contributed by atoms with van der Waals surface area (Å²) in [6.45, 7) is 6.70. The molecule has 3 rings (SSSR count). The van der Waals surface area contributed by atoms with Gasteiger partial charge in [-0.05, 0) is 31.0 Å². The van der Waals surface area contributed by atoms with Gasteiger partial charge < -0.3 is 10.1 Å². The molecule has 0 spiro atoms. The standard InChI is InChI=1S/C15H18N2OS/c1-10-3-4-12(7-11(10)2)14-9-19-15(17-14)13-8-18-6-5-16-13/h3-4,7,9,13,16H,5-6,8H2,1-2H3. The highest BCUT2D eigenvalue weighted by Gasteiger charge is 2.18. The van der Waals surface area contributed by atoms with Crippen LogP contribution in [0.15, 0.2) is 23.6 Å². The van der Waals surface area contributed by atoms with Crippen molar-refractivity contribution < 1.29 is 4.74 Å².